The van der Waals surface area contributed by atoms with Crippen LogP contribution in [-0.4, -0.2) is 60.8 Å². The number of methoxy groups -OCH3 is 1. The van der Waals surface area contributed by atoms with Gasteiger partial charge in [0.15, 0.2) is 5.82 Å². The fourth-order valence-corrected chi connectivity index (χ4v) is 3.17. The predicted molar refractivity (Wildman–Crippen MR) is 109 cm³/mol. The van der Waals surface area contributed by atoms with E-state index in [9.17, 15) is 9.59 Å². The van der Waals surface area contributed by atoms with Crippen LogP contribution in [0.4, 0.5) is 10.6 Å². The smallest absolute Gasteiger partial charge is 0.407 e. The molecule has 160 valence electrons. The Balaban J connectivity index is 1.91. The minimum Gasteiger partial charge on any atom is -0.446 e. The molecule has 0 aliphatic heterocycles. The lowest BCUT2D eigenvalue weighted by molar-refractivity contribution is -0.113. The number of alkyl carbamates (subject to hydrolysis) is 1. The second kappa shape index (κ2) is 10.6. The maximum atomic E-state index is 12.4. The van der Waals surface area contributed by atoms with Crippen LogP contribution >= 0.6 is 0 Å². The zero-order valence-corrected chi connectivity index (χ0v) is 17.3. The lowest BCUT2D eigenvalue weighted by Crippen LogP contribution is -2.33. The Morgan fingerprint density at radius 3 is 2.83 bits per heavy atom. The lowest BCUT2D eigenvalue weighted by Gasteiger charge is -2.14. The molecule has 1 unspecified atom stereocenters. The van der Waals surface area contributed by atoms with Gasteiger partial charge < -0.3 is 30.8 Å². The summed E-state index contributed by atoms with van der Waals surface area (Å²) in [6, 6.07) is 1.82. The molecule has 0 bridgehead atoms. The molecule has 1 aliphatic carbocycles. The van der Waals surface area contributed by atoms with E-state index in [0.29, 0.717) is 12.2 Å². The summed E-state index contributed by atoms with van der Waals surface area (Å²) < 4.78 is 10.3. The highest BCUT2D eigenvalue weighted by Crippen LogP contribution is 2.35. The average Bonchev–Trinajstić information content (AvgIpc) is 3.28. The molecule has 5 N–H and O–H groups in total. The number of carbonyl (C=O) groups excluding carboxylic acids is 2. The number of rotatable bonds is 9. The molecule has 29 heavy (non-hydrogen) atoms. The third-order valence-electron chi connectivity index (χ3n) is 4.48. The molecule has 0 aromatic carbocycles. The summed E-state index contributed by atoms with van der Waals surface area (Å²) >= 11 is 0. The highest BCUT2D eigenvalue weighted by atomic mass is 16.6. The molecule has 2 amide bonds. The summed E-state index contributed by atoms with van der Waals surface area (Å²) in [7, 11) is 3.09. The van der Waals surface area contributed by atoms with Crippen LogP contribution in [0.5, 0.6) is 0 Å². The van der Waals surface area contributed by atoms with Crippen molar-refractivity contribution in [2.75, 3.05) is 26.1 Å². The van der Waals surface area contributed by atoms with Crippen molar-refractivity contribution >= 4 is 23.5 Å². The van der Waals surface area contributed by atoms with Gasteiger partial charge in [-0.3, -0.25) is 9.89 Å². The quantitative estimate of drug-likeness (QED) is 0.313. The number of hydrogen-bond acceptors (Lipinski definition) is 7. The molecule has 0 spiro atoms. The number of aromatic amines is 1. The summed E-state index contributed by atoms with van der Waals surface area (Å²) in [5.74, 6) is 0.176. The average molecular weight is 406 g/mol. The van der Waals surface area contributed by atoms with Crippen LogP contribution in [0, 0.1) is 5.41 Å². The van der Waals surface area contributed by atoms with E-state index in [1.54, 1.807) is 13.1 Å². The molecule has 2 atom stereocenters. The van der Waals surface area contributed by atoms with Gasteiger partial charge in [0.25, 0.3) is 5.91 Å². The van der Waals surface area contributed by atoms with Gasteiger partial charge in [-0.05, 0) is 39.2 Å². The van der Waals surface area contributed by atoms with Gasteiger partial charge in [0.1, 0.15) is 11.8 Å². The second-order valence-electron chi connectivity index (χ2n) is 7.27. The monoisotopic (exact) mass is 406 g/mol. The standard InChI is InChI=1S/C19H30N6O4/c1-11(2)22-19(27)29-14-6-5-12(7-14)15-9-17(25-24-15)23-18(26)16(21-3)8-13(20)10-28-4/h8-9,11-12,14,20-21H,5-7,10H2,1-4H3,(H,22,27)(H2,23,24,25,26)/b16-8-,20-13?/t12?,14-/m1/s1. The van der Waals surface area contributed by atoms with Crippen LogP contribution < -0.4 is 16.0 Å². The number of amides is 2. The highest BCUT2D eigenvalue weighted by Gasteiger charge is 2.30. The number of hydrogen-bond donors (Lipinski definition) is 5. The fraction of sp³-hybridized carbons (Fsp3) is 0.579. The van der Waals surface area contributed by atoms with Gasteiger partial charge in [0, 0.05) is 37.9 Å². The number of ether oxygens (including phenoxy) is 2. The first-order valence-corrected chi connectivity index (χ1v) is 9.62. The maximum absolute atomic E-state index is 12.4. The third kappa shape index (κ3) is 6.90. The first-order valence-electron chi connectivity index (χ1n) is 9.62. The summed E-state index contributed by atoms with van der Waals surface area (Å²) in [4.78, 5) is 24.1. The largest absolute Gasteiger partial charge is 0.446 e. The molecule has 1 heterocycles. The van der Waals surface area contributed by atoms with Gasteiger partial charge >= 0.3 is 6.09 Å². The number of anilines is 1. The first-order chi connectivity index (χ1) is 13.8. The molecule has 1 aromatic heterocycles. The van der Waals surface area contributed by atoms with Crippen molar-refractivity contribution < 1.29 is 19.1 Å². The predicted octanol–water partition coefficient (Wildman–Crippen LogP) is 1.89. The molecule has 0 radical (unpaired) electrons. The van der Waals surface area contributed by atoms with E-state index in [1.807, 2.05) is 13.8 Å². The third-order valence-corrected chi connectivity index (χ3v) is 4.48. The lowest BCUT2D eigenvalue weighted by atomic mass is 10.0. The van der Waals surface area contributed by atoms with E-state index < -0.39 is 12.0 Å². The van der Waals surface area contributed by atoms with Crippen LogP contribution in [0.3, 0.4) is 0 Å². The minimum absolute atomic E-state index is 0.0354. The van der Waals surface area contributed by atoms with E-state index in [4.69, 9.17) is 14.9 Å². The van der Waals surface area contributed by atoms with Gasteiger partial charge in [0.05, 0.1) is 12.3 Å². The zero-order valence-electron chi connectivity index (χ0n) is 17.3. The topological polar surface area (TPSA) is 141 Å². The van der Waals surface area contributed by atoms with Gasteiger partial charge in [-0.15, -0.1) is 0 Å². The highest BCUT2D eigenvalue weighted by molar-refractivity contribution is 6.08. The molecule has 10 nitrogen and oxygen atoms in total. The summed E-state index contributed by atoms with van der Waals surface area (Å²) in [6.45, 7) is 3.88. The van der Waals surface area contributed by atoms with Crippen molar-refractivity contribution in [2.45, 2.75) is 51.2 Å². The van der Waals surface area contributed by atoms with Gasteiger partial charge in [-0.25, -0.2) is 4.79 Å². The second-order valence-corrected chi connectivity index (χ2v) is 7.27. The molecule has 1 aliphatic rings. The number of nitrogens with zero attached hydrogens (tertiary/aromatic N) is 1. The summed E-state index contributed by atoms with van der Waals surface area (Å²) in [5.41, 5.74) is 1.30. The Morgan fingerprint density at radius 1 is 1.41 bits per heavy atom. The van der Waals surface area contributed by atoms with Crippen LogP contribution in [0.2, 0.25) is 0 Å². The SMILES string of the molecule is CN/C(=C\C(=N)COC)C(=O)Nc1cc(C2CC[C@@H](OC(=O)NC(C)C)C2)[nH]n1. The molecule has 10 heteroatoms. The van der Waals surface area contributed by atoms with Crippen molar-refractivity contribution in [3.05, 3.63) is 23.5 Å². The number of likely N-dealkylation sites (N-methyl/N-ethyl adjacent to an activating group) is 1. The van der Waals surface area contributed by atoms with Crippen molar-refractivity contribution in [2.24, 2.45) is 0 Å². The molecular formula is C19H30N6O4. The number of H-pyrrole nitrogens is 1. The number of carbonyl (C=O) groups is 2. The van der Waals surface area contributed by atoms with Crippen molar-refractivity contribution in [1.29, 1.82) is 5.41 Å². The van der Waals surface area contributed by atoms with Crippen LogP contribution in [0.25, 0.3) is 0 Å². The molecule has 1 saturated carbocycles. The van der Waals surface area contributed by atoms with Gasteiger partial charge in [-0.1, -0.05) is 0 Å². The van der Waals surface area contributed by atoms with E-state index in [1.165, 1.54) is 13.2 Å². The fourth-order valence-electron chi connectivity index (χ4n) is 3.17. The molecule has 1 aromatic rings. The molecule has 2 rings (SSSR count). The molecule has 0 saturated heterocycles. The molecule has 1 fully saturated rings. The van der Waals surface area contributed by atoms with Gasteiger partial charge in [0.2, 0.25) is 0 Å². The Labute approximate surface area is 170 Å². The number of aromatic nitrogens is 2. The van der Waals surface area contributed by atoms with E-state index in [2.05, 4.69) is 26.1 Å². The maximum Gasteiger partial charge on any atom is 0.407 e. The van der Waals surface area contributed by atoms with E-state index in [0.717, 1.165) is 18.5 Å². The number of nitrogens with one attached hydrogen (secondary N) is 5. The Morgan fingerprint density at radius 2 is 2.17 bits per heavy atom. The Bertz CT molecular complexity index is 758. The van der Waals surface area contributed by atoms with Gasteiger partial charge in [-0.2, -0.15) is 5.10 Å². The molecular weight excluding hydrogens is 376 g/mol. The van der Waals surface area contributed by atoms with Crippen molar-refractivity contribution in [3.8, 4) is 0 Å². The summed E-state index contributed by atoms with van der Waals surface area (Å²) in [5, 5.41) is 23.0. The zero-order chi connectivity index (χ0) is 21.4. The van der Waals surface area contributed by atoms with E-state index in [-0.39, 0.29) is 36.1 Å². The van der Waals surface area contributed by atoms with Crippen molar-refractivity contribution in [1.82, 2.24) is 20.8 Å². The Kier molecular flexibility index (Phi) is 8.20. The van der Waals surface area contributed by atoms with Crippen LogP contribution in [0.15, 0.2) is 17.8 Å². The van der Waals surface area contributed by atoms with Crippen molar-refractivity contribution in [3.63, 3.8) is 0 Å². The minimum atomic E-state index is -0.399. The summed E-state index contributed by atoms with van der Waals surface area (Å²) in [6.07, 6.45) is 3.24. The van der Waals surface area contributed by atoms with E-state index >= 15 is 0 Å². The first kappa shape index (κ1) is 22.4. The normalized spacial score (nSPS) is 19.1. The Hall–Kier alpha value is -2.88. The van der Waals surface area contributed by atoms with Crippen LogP contribution in [-0.2, 0) is 14.3 Å². The van der Waals surface area contributed by atoms with Crippen LogP contribution in [0.1, 0.15) is 44.7 Å².